The summed E-state index contributed by atoms with van der Waals surface area (Å²) in [5, 5.41) is 0. The highest BCUT2D eigenvalue weighted by Gasteiger charge is 2.28. The summed E-state index contributed by atoms with van der Waals surface area (Å²) >= 11 is 0. The normalized spacial score (nSPS) is 14.6. The van der Waals surface area contributed by atoms with Gasteiger partial charge in [-0.25, -0.2) is 22.5 Å². The third-order valence-electron chi connectivity index (χ3n) is 5.20. The summed E-state index contributed by atoms with van der Waals surface area (Å²) in [5.41, 5.74) is 8.76. The highest BCUT2D eigenvalue weighted by Crippen LogP contribution is 2.31. The van der Waals surface area contributed by atoms with Gasteiger partial charge in [-0.3, -0.25) is 0 Å². The van der Waals surface area contributed by atoms with E-state index in [-0.39, 0.29) is 42.3 Å². The van der Waals surface area contributed by atoms with Crippen molar-refractivity contribution in [3.63, 3.8) is 0 Å². The van der Waals surface area contributed by atoms with Crippen LogP contribution in [-0.4, -0.2) is 30.6 Å². The number of benzene rings is 2. The van der Waals surface area contributed by atoms with Crippen molar-refractivity contribution < 1.29 is 12.8 Å². The van der Waals surface area contributed by atoms with Crippen LogP contribution in [0, 0.1) is 0 Å². The highest BCUT2D eigenvalue weighted by molar-refractivity contribution is 7.89. The number of fused-ring (bicyclic) bond motifs is 1. The molecule has 0 bridgehead atoms. The number of para-hydroxylation sites is 1. The fourth-order valence-corrected chi connectivity index (χ4v) is 4.83. The molecular weight excluding hydrogens is 439 g/mol. The Balaban J connectivity index is 0.00000272. The number of nitrogens with one attached hydrogen (secondary N) is 1. The molecule has 1 aliphatic carbocycles. The largest absolute Gasteiger partial charge is 0.327 e. The van der Waals surface area contributed by atoms with Crippen LogP contribution >= 0.6 is 12.4 Å². The Kier molecular flexibility index (Phi) is 7.16. The van der Waals surface area contributed by atoms with Crippen LogP contribution in [0.4, 0.5) is 4.39 Å². The standard InChI is InChI=1S/C22H25FN4O2S.ClH/c1-2-21-25-22-19(4-3-5-20(22)27(21)14-16(23)12-13-24)15-6-10-18(11-7-15)30(28,29)26-17-8-9-17;/h3-7,10-12,17,26H,2,8-9,13-14,24H2,1H3;1H/b16-12-;. The molecule has 0 saturated heterocycles. The van der Waals surface area contributed by atoms with Gasteiger partial charge in [0.2, 0.25) is 10.0 Å². The van der Waals surface area contributed by atoms with E-state index < -0.39 is 10.0 Å². The van der Waals surface area contributed by atoms with Crippen molar-refractivity contribution >= 4 is 33.5 Å². The zero-order valence-electron chi connectivity index (χ0n) is 17.2. The minimum Gasteiger partial charge on any atom is -0.327 e. The van der Waals surface area contributed by atoms with Crippen LogP contribution in [0.3, 0.4) is 0 Å². The molecule has 0 spiro atoms. The summed E-state index contributed by atoms with van der Waals surface area (Å²) in [5.74, 6) is 0.487. The summed E-state index contributed by atoms with van der Waals surface area (Å²) in [6.45, 7) is 2.22. The van der Waals surface area contributed by atoms with Crippen molar-refractivity contribution in [2.45, 2.75) is 43.7 Å². The summed E-state index contributed by atoms with van der Waals surface area (Å²) in [4.78, 5) is 5.00. The van der Waals surface area contributed by atoms with E-state index in [1.165, 1.54) is 6.08 Å². The lowest BCUT2D eigenvalue weighted by molar-refractivity contribution is 0.549. The van der Waals surface area contributed by atoms with E-state index in [2.05, 4.69) is 4.72 Å². The van der Waals surface area contributed by atoms with Gasteiger partial charge in [-0.1, -0.05) is 31.2 Å². The molecule has 1 saturated carbocycles. The quantitative estimate of drug-likeness (QED) is 0.528. The van der Waals surface area contributed by atoms with Crippen molar-refractivity contribution in [3.05, 3.63) is 60.2 Å². The molecule has 1 heterocycles. The Morgan fingerprint density at radius 2 is 1.97 bits per heavy atom. The van der Waals surface area contributed by atoms with Crippen molar-refractivity contribution in [1.82, 2.24) is 14.3 Å². The van der Waals surface area contributed by atoms with E-state index >= 15 is 0 Å². The van der Waals surface area contributed by atoms with Crippen molar-refractivity contribution in [1.29, 1.82) is 0 Å². The highest BCUT2D eigenvalue weighted by atomic mass is 35.5. The number of aromatic nitrogens is 2. The number of hydrogen-bond donors (Lipinski definition) is 2. The molecular formula is C22H26ClFN4O2S. The molecule has 31 heavy (non-hydrogen) atoms. The first kappa shape index (κ1) is 23.4. The van der Waals surface area contributed by atoms with Gasteiger partial charge in [-0.05, 0) is 42.7 Å². The van der Waals surface area contributed by atoms with Crippen molar-refractivity contribution in [2.24, 2.45) is 5.73 Å². The minimum absolute atomic E-state index is 0. The van der Waals surface area contributed by atoms with Gasteiger partial charge in [0, 0.05) is 24.6 Å². The summed E-state index contributed by atoms with van der Waals surface area (Å²) in [7, 11) is -3.49. The van der Waals surface area contributed by atoms with Crippen molar-refractivity contribution in [3.8, 4) is 11.1 Å². The second-order valence-corrected chi connectivity index (χ2v) is 9.16. The fourth-order valence-electron chi connectivity index (χ4n) is 3.52. The van der Waals surface area contributed by atoms with Gasteiger partial charge in [-0.2, -0.15) is 0 Å². The Hall–Kier alpha value is -2.26. The molecule has 2 aromatic carbocycles. The monoisotopic (exact) mass is 464 g/mol. The number of halogens is 2. The van der Waals surface area contributed by atoms with Crippen LogP contribution in [0.2, 0.25) is 0 Å². The van der Waals surface area contributed by atoms with Crippen LogP contribution in [0.15, 0.2) is 59.3 Å². The average Bonchev–Trinajstić information content (AvgIpc) is 3.47. The predicted molar refractivity (Wildman–Crippen MR) is 123 cm³/mol. The Morgan fingerprint density at radius 1 is 1.26 bits per heavy atom. The van der Waals surface area contributed by atoms with E-state index in [4.69, 9.17) is 10.7 Å². The van der Waals surface area contributed by atoms with Gasteiger partial charge in [-0.15, -0.1) is 12.4 Å². The topological polar surface area (TPSA) is 90.0 Å². The Morgan fingerprint density at radius 3 is 2.58 bits per heavy atom. The summed E-state index contributed by atoms with van der Waals surface area (Å²) < 4.78 is 43.5. The Labute approximate surface area is 187 Å². The molecule has 0 atom stereocenters. The lowest BCUT2D eigenvalue weighted by Crippen LogP contribution is -2.25. The fraction of sp³-hybridized carbons (Fsp3) is 0.318. The molecule has 3 aromatic rings. The van der Waals surface area contributed by atoms with Crippen molar-refractivity contribution in [2.75, 3.05) is 6.54 Å². The number of nitrogens with zero attached hydrogens (tertiary/aromatic N) is 2. The van der Waals surface area contributed by atoms with Gasteiger partial charge in [0.15, 0.2) is 0 Å². The first-order valence-electron chi connectivity index (χ1n) is 10.1. The first-order chi connectivity index (χ1) is 14.4. The van der Waals surface area contributed by atoms with E-state index in [9.17, 15) is 12.8 Å². The zero-order valence-corrected chi connectivity index (χ0v) is 18.8. The maximum absolute atomic E-state index is 14.2. The molecule has 1 fully saturated rings. The Bertz CT molecular complexity index is 1200. The number of sulfonamides is 1. The molecule has 0 radical (unpaired) electrons. The van der Waals surface area contributed by atoms with Gasteiger partial charge >= 0.3 is 0 Å². The predicted octanol–water partition coefficient (Wildman–Crippen LogP) is 3.94. The average molecular weight is 465 g/mol. The lowest BCUT2D eigenvalue weighted by atomic mass is 10.0. The van der Waals surface area contributed by atoms with E-state index in [0.717, 1.165) is 40.8 Å². The second-order valence-electron chi connectivity index (χ2n) is 7.45. The molecule has 6 nitrogen and oxygen atoms in total. The first-order valence-corrected chi connectivity index (χ1v) is 11.6. The second kappa shape index (κ2) is 9.48. The molecule has 166 valence electrons. The van der Waals surface area contributed by atoms with Gasteiger partial charge in [0.25, 0.3) is 0 Å². The van der Waals surface area contributed by atoms with Crippen LogP contribution in [0.1, 0.15) is 25.6 Å². The maximum atomic E-state index is 14.2. The molecule has 0 amide bonds. The molecule has 3 N–H and O–H groups in total. The van der Waals surface area contributed by atoms with E-state index in [1.54, 1.807) is 24.3 Å². The maximum Gasteiger partial charge on any atom is 0.240 e. The summed E-state index contributed by atoms with van der Waals surface area (Å²) in [6, 6.07) is 12.6. The SMILES string of the molecule is CCc1nc2c(-c3ccc(S(=O)(=O)NC4CC4)cc3)cccc2n1C/C(F)=C/CN.Cl. The molecule has 0 aliphatic heterocycles. The molecule has 0 unspecified atom stereocenters. The number of nitrogens with two attached hydrogens (primary N) is 1. The van der Waals surface area contributed by atoms with Crippen LogP contribution in [0.25, 0.3) is 22.2 Å². The van der Waals surface area contributed by atoms with Gasteiger partial charge < -0.3 is 10.3 Å². The number of hydrogen-bond acceptors (Lipinski definition) is 4. The van der Waals surface area contributed by atoms with Crippen LogP contribution in [-0.2, 0) is 23.0 Å². The van der Waals surface area contributed by atoms with Crippen LogP contribution in [0.5, 0.6) is 0 Å². The smallest absolute Gasteiger partial charge is 0.240 e. The third-order valence-corrected chi connectivity index (χ3v) is 6.73. The zero-order chi connectivity index (χ0) is 21.3. The number of aryl methyl sites for hydroxylation is 1. The van der Waals surface area contributed by atoms with Gasteiger partial charge in [0.1, 0.15) is 11.7 Å². The van der Waals surface area contributed by atoms with E-state index in [0.29, 0.717) is 6.42 Å². The molecule has 1 aromatic heterocycles. The summed E-state index contributed by atoms with van der Waals surface area (Å²) in [6.07, 6.45) is 3.81. The van der Waals surface area contributed by atoms with E-state index in [1.807, 2.05) is 29.7 Å². The minimum atomic E-state index is -3.49. The number of rotatable bonds is 8. The number of allylic oxidation sites excluding steroid dienone is 1. The lowest BCUT2D eigenvalue weighted by Gasteiger charge is -2.08. The molecule has 9 heteroatoms. The molecule has 1 aliphatic rings. The molecule has 4 rings (SSSR count). The third kappa shape index (κ3) is 4.98. The number of imidazole rings is 1. The van der Waals surface area contributed by atoms with Gasteiger partial charge in [0.05, 0.1) is 22.5 Å². The van der Waals surface area contributed by atoms with Crippen LogP contribution < -0.4 is 10.5 Å².